The van der Waals surface area contributed by atoms with Gasteiger partial charge in [0.25, 0.3) is 0 Å². The second-order valence-electron chi connectivity index (χ2n) is 3.61. The quantitative estimate of drug-likeness (QED) is 0.743. The predicted octanol–water partition coefficient (Wildman–Crippen LogP) is 1.68. The third-order valence-electron chi connectivity index (χ3n) is 2.37. The molecule has 2 N–H and O–H groups in total. The number of nitrogen functional groups attached to an aromatic ring is 1. The lowest BCUT2D eigenvalue weighted by Crippen LogP contribution is -2.11. The van der Waals surface area contributed by atoms with E-state index in [4.69, 9.17) is 15.2 Å². The number of benzene rings is 1. The zero-order valence-corrected chi connectivity index (χ0v) is 8.11. The van der Waals surface area contributed by atoms with Crippen LogP contribution in [0.2, 0.25) is 0 Å². The molecule has 0 bridgehead atoms. The number of ether oxygens (including phenoxy) is 2. The molecule has 0 radical (unpaired) electrons. The van der Waals surface area contributed by atoms with Crippen LogP contribution in [0.3, 0.4) is 0 Å². The van der Waals surface area contributed by atoms with E-state index in [1.54, 1.807) is 0 Å². The molecular formula is C11H15NO2. The molecule has 1 aliphatic rings. The van der Waals surface area contributed by atoms with Crippen LogP contribution in [0.15, 0.2) is 24.3 Å². The minimum absolute atomic E-state index is 0.538. The standard InChI is InChI=1S/C11H15NO2/c12-10-2-1-3-11(6-10)14-8-9-4-5-13-7-9/h1-3,6,9H,4-5,7-8,12H2. The van der Waals surface area contributed by atoms with E-state index < -0.39 is 0 Å². The molecule has 1 aromatic rings. The Morgan fingerprint density at radius 1 is 1.50 bits per heavy atom. The SMILES string of the molecule is Nc1cccc(OCC2CCOC2)c1. The van der Waals surface area contributed by atoms with Crippen LogP contribution < -0.4 is 10.5 Å². The molecule has 0 aliphatic carbocycles. The molecule has 0 aromatic heterocycles. The van der Waals surface area contributed by atoms with E-state index in [-0.39, 0.29) is 0 Å². The first-order chi connectivity index (χ1) is 6.84. The maximum Gasteiger partial charge on any atom is 0.121 e. The van der Waals surface area contributed by atoms with E-state index in [9.17, 15) is 0 Å². The second-order valence-corrected chi connectivity index (χ2v) is 3.61. The summed E-state index contributed by atoms with van der Waals surface area (Å²) in [5.74, 6) is 1.38. The maximum absolute atomic E-state index is 5.64. The van der Waals surface area contributed by atoms with Gasteiger partial charge in [-0.3, -0.25) is 0 Å². The molecule has 76 valence electrons. The van der Waals surface area contributed by atoms with Crippen molar-refractivity contribution in [3.63, 3.8) is 0 Å². The summed E-state index contributed by atoms with van der Waals surface area (Å²) in [6, 6.07) is 7.52. The van der Waals surface area contributed by atoms with Crippen molar-refractivity contribution in [3.8, 4) is 5.75 Å². The van der Waals surface area contributed by atoms with Crippen LogP contribution in [0.4, 0.5) is 5.69 Å². The summed E-state index contributed by atoms with van der Waals surface area (Å²) in [6.07, 6.45) is 1.10. The topological polar surface area (TPSA) is 44.5 Å². The molecule has 14 heavy (non-hydrogen) atoms. The van der Waals surface area contributed by atoms with Gasteiger partial charge in [-0.1, -0.05) is 6.07 Å². The highest BCUT2D eigenvalue weighted by Gasteiger charge is 2.15. The van der Waals surface area contributed by atoms with E-state index in [1.807, 2.05) is 24.3 Å². The van der Waals surface area contributed by atoms with Gasteiger partial charge in [-0.2, -0.15) is 0 Å². The normalized spacial score (nSPS) is 21.0. The number of hydrogen-bond donors (Lipinski definition) is 1. The molecule has 1 saturated heterocycles. The Balaban J connectivity index is 1.85. The third kappa shape index (κ3) is 2.39. The number of hydrogen-bond acceptors (Lipinski definition) is 3. The fraction of sp³-hybridized carbons (Fsp3) is 0.455. The van der Waals surface area contributed by atoms with Gasteiger partial charge in [-0.05, 0) is 18.6 Å². The van der Waals surface area contributed by atoms with Crippen molar-refractivity contribution < 1.29 is 9.47 Å². The maximum atomic E-state index is 5.64. The van der Waals surface area contributed by atoms with Crippen molar-refractivity contribution in [2.75, 3.05) is 25.6 Å². The van der Waals surface area contributed by atoms with Crippen molar-refractivity contribution in [1.82, 2.24) is 0 Å². The summed E-state index contributed by atoms with van der Waals surface area (Å²) in [7, 11) is 0. The van der Waals surface area contributed by atoms with Crippen LogP contribution in [-0.4, -0.2) is 19.8 Å². The van der Waals surface area contributed by atoms with Gasteiger partial charge in [0, 0.05) is 24.3 Å². The summed E-state index contributed by atoms with van der Waals surface area (Å²) in [5, 5.41) is 0. The van der Waals surface area contributed by atoms with Crippen LogP contribution in [0, 0.1) is 5.92 Å². The molecule has 0 spiro atoms. The molecule has 1 unspecified atom stereocenters. The van der Waals surface area contributed by atoms with Crippen molar-refractivity contribution in [2.45, 2.75) is 6.42 Å². The van der Waals surface area contributed by atoms with E-state index in [2.05, 4.69) is 0 Å². The van der Waals surface area contributed by atoms with Gasteiger partial charge in [0.1, 0.15) is 5.75 Å². The van der Waals surface area contributed by atoms with Gasteiger partial charge < -0.3 is 15.2 Å². The zero-order valence-electron chi connectivity index (χ0n) is 8.11. The molecule has 1 aromatic carbocycles. The Morgan fingerprint density at radius 2 is 2.43 bits per heavy atom. The van der Waals surface area contributed by atoms with E-state index in [0.717, 1.165) is 37.7 Å². The van der Waals surface area contributed by atoms with Crippen molar-refractivity contribution in [2.24, 2.45) is 5.92 Å². The smallest absolute Gasteiger partial charge is 0.121 e. The minimum atomic E-state index is 0.538. The Hall–Kier alpha value is -1.22. The highest BCUT2D eigenvalue weighted by atomic mass is 16.5. The summed E-state index contributed by atoms with van der Waals surface area (Å²) in [5.41, 5.74) is 6.38. The van der Waals surface area contributed by atoms with E-state index in [0.29, 0.717) is 5.92 Å². The zero-order chi connectivity index (χ0) is 9.80. The van der Waals surface area contributed by atoms with Gasteiger partial charge >= 0.3 is 0 Å². The highest BCUT2D eigenvalue weighted by Crippen LogP contribution is 2.18. The minimum Gasteiger partial charge on any atom is -0.493 e. The fourth-order valence-corrected chi connectivity index (χ4v) is 1.53. The van der Waals surface area contributed by atoms with E-state index in [1.165, 1.54) is 0 Å². The average molecular weight is 193 g/mol. The van der Waals surface area contributed by atoms with Gasteiger partial charge in [0.2, 0.25) is 0 Å². The van der Waals surface area contributed by atoms with Crippen LogP contribution in [-0.2, 0) is 4.74 Å². The summed E-state index contributed by atoms with van der Waals surface area (Å²) in [6.45, 7) is 2.41. The van der Waals surface area contributed by atoms with Crippen LogP contribution in [0.25, 0.3) is 0 Å². The number of anilines is 1. The van der Waals surface area contributed by atoms with Crippen molar-refractivity contribution in [1.29, 1.82) is 0 Å². The van der Waals surface area contributed by atoms with Gasteiger partial charge in [-0.15, -0.1) is 0 Å². The first kappa shape index (κ1) is 9.34. The fourth-order valence-electron chi connectivity index (χ4n) is 1.53. The molecule has 3 heteroatoms. The monoisotopic (exact) mass is 193 g/mol. The van der Waals surface area contributed by atoms with Crippen LogP contribution >= 0.6 is 0 Å². The number of rotatable bonds is 3. The Morgan fingerprint density at radius 3 is 3.14 bits per heavy atom. The molecule has 1 aliphatic heterocycles. The molecule has 1 fully saturated rings. The first-order valence-electron chi connectivity index (χ1n) is 4.90. The molecule has 3 nitrogen and oxygen atoms in total. The highest BCUT2D eigenvalue weighted by molar-refractivity contribution is 5.43. The molecule has 2 rings (SSSR count). The largest absolute Gasteiger partial charge is 0.493 e. The molecule has 0 amide bonds. The van der Waals surface area contributed by atoms with Gasteiger partial charge in [-0.25, -0.2) is 0 Å². The molecule has 1 atom stereocenters. The summed E-state index contributed by atoms with van der Waals surface area (Å²) in [4.78, 5) is 0. The lowest BCUT2D eigenvalue weighted by molar-refractivity contribution is 0.167. The Kier molecular flexibility index (Phi) is 2.89. The summed E-state index contributed by atoms with van der Waals surface area (Å²) < 4.78 is 10.9. The van der Waals surface area contributed by atoms with Crippen LogP contribution in [0.1, 0.15) is 6.42 Å². The van der Waals surface area contributed by atoms with Gasteiger partial charge in [0.05, 0.1) is 13.2 Å². The number of nitrogens with two attached hydrogens (primary N) is 1. The lowest BCUT2D eigenvalue weighted by atomic mass is 10.1. The van der Waals surface area contributed by atoms with E-state index >= 15 is 0 Å². The molecule has 1 heterocycles. The van der Waals surface area contributed by atoms with Crippen molar-refractivity contribution in [3.05, 3.63) is 24.3 Å². The van der Waals surface area contributed by atoms with Crippen LogP contribution in [0.5, 0.6) is 5.75 Å². The summed E-state index contributed by atoms with van der Waals surface area (Å²) >= 11 is 0. The van der Waals surface area contributed by atoms with Gasteiger partial charge in [0.15, 0.2) is 0 Å². The van der Waals surface area contributed by atoms with Crippen molar-refractivity contribution >= 4 is 5.69 Å². The average Bonchev–Trinajstić information content (AvgIpc) is 2.67. The lowest BCUT2D eigenvalue weighted by Gasteiger charge is -2.10. The molecule has 0 saturated carbocycles. The predicted molar refractivity (Wildman–Crippen MR) is 55.3 cm³/mol. The molecular weight excluding hydrogens is 178 g/mol. The second kappa shape index (κ2) is 4.33. The Bertz CT molecular complexity index is 295. The first-order valence-corrected chi connectivity index (χ1v) is 4.90. The Labute approximate surface area is 83.8 Å². The third-order valence-corrected chi connectivity index (χ3v) is 2.37.